The summed E-state index contributed by atoms with van der Waals surface area (Å²) in [6.07, 6.45) is 5.15. The lowest BCUT2D eigenvalue weighted by Crippen LogP contribution is -2.49. The molecule has 0 bridgehead atoms. The van der Waals surface area contributed by atoms with Gasteiger partial charge in [0.15, 0.2) is 0 Å². The summed E-state index contributed by atoms with van der Waals surface area (Å²) >= 11 is 0. The quantitative estimate of drug-likeness (QED) is 0.525. The number of rotatable bonds is 4. The molecule has 4 aromatic rings. The van der Waals surface area contributed by atoms with Crippen LogP contribution in [-0.4, -0.2) is 45.3 Å². The molecule has 0 amide bonds. The van der Waals surface area contributed by atoms with Gasteiger partial charge in [-0.1, -0.05) is 6.07 Å². The zero-order chi connectivity index (χ0) is 21.4. The van der Waals surface area contributed by atoms with Gasteiger partial charge in [0, 0.05) is 31.9 Å². The Kier molecular flexibility index (Phi) is 4.95. The maximum atomic E-state index is 14.3. The number of imidazole rings is 1. The van der Waals surface area contributed by atoms with Crippen molar-refractivity contribution >= 4 is 22.8 Å². The number of benzene rings is 1. The second kappa shape index (κ2) is 7.92. The molecule has 1 aliphatic heterocycles. The van der Waals surface area contributed by atoms with Crippen LogP contribution in [-0.2, 0) is 0 Å². The van der Waals surface area contributed by atoms with Crippen LogP contribution < -0.4 is 15.5 Å². The minimum atomic E-state index is -0.663. The van der Waals surface area contributed by atoms with Crippen molar-refractivity contribution in [1.82, 2.24) is 24.9 Å². The van der Waals surface area contributed by atoms with E-state index in [2.05, 4.69) is 37.5 Å². The SMILES string of the molecule is CC1CN(c2ccncc2Nc2ncc3ccc(-c4c(F)cccc4F)nn23)CCN1. The molecule has 1 aliphatic rings. The fourth-order valence-electron chi connectivity index (χ4n) is 3.87. The predicted molar refractivity (Wildman–Crippen MR) is 116 cm³/mol. The molecule has 0 saturated carbocycles. The molecule has 5 rings (SSSR count). The van der Waals surface area contributed by atoms with Gasteiger partial charge in [0.1, 0.15) is 11.6 Å². The van der Waals surface area contributed by atoms with Crippen LogP contribution in [0.5, 0.6) is 0 Å². The van der Waals surface area contributed by atoms with Crippen molar-refractivity contribution in [3.63, 3.8) is 0 Å². The molecule has 3 aromatic heterocycles. The van der Waals surface area contributed by atoms with Crippen molar-refractivity contribution in [2.75, 3.05) is 29.9 Å². The number of anilines is 3. The van der Waals surface area contributed by atoms with E-state index in [1.165, 1.54) is 18.2 Å². The Morgan fingerprint density at radius 1 is 1.10 bits per heavy atom. The van der Waals surface area contributed by atoms with E-state index in [-0.39, 0.29) is 11.3 Å². The van der Waals surface area contributed by atoms with Gasteiger partial charge in [0.05, 0.1) is 40.5 Å². The number of pyridine rings is 1. The number of hydrogen-bond donors (Lipinski definition) is 2. The highest BCUT2D eigenvalue weighted by molar-refractivity contribution is 5.74. The summed E-state index contributed by atoms with van der Waals surface area (Å²) in [5, 5.41) is 11.2. The minimum Gasteiger partial charge on any atom is -0.367 e. The summed E-state index contributed by atoms with van der Waals surface area (Å²) in [7, 11) is 0. The van der Waals surface area contributed by atoms with Crippen LogP contribution in [0, 0.1) is 11.6 Å². The largest absolute Gasteiger partial charge is 0.367 e. The molecule has 31 heavy (non-hydrogen) atoms. The summed E-state index contributed by atoms with van der Waals surface area (Å²) in [6, 6.07) is 9.42. The highest BCUT2D eigenvalue weighted by Gasteiger charge is 2.20. The lowest BCUT2D eigenvalue weighted by molar-refractivity contribution is 0.485. The summed E-state index contributed by atoms with van der Waals surface area (Å²) in [5.74, 6) is -0.890. The molecule has 1 saturated heterocycles. The van der Waals surface area contributed by atoms with Gasteiger partial charge in [0.25, 0.3) is 0 Å². The van der Waals surface area contributed by atoms with E-state index < -0.39 is 11.6 Å². The topological polar surface area (TPSA) is 70.4 Å². The highest BCUT2D eigenvalue weighted by Crippen LogP contribution is 2.29. The molecule has 9 heteroatoms. The third-order valence-electron chi connectivity index (χ3n) is 5.36. The Morgan fingerprint density at radius 2 is 1.94 bits per heavy atom. The molecule has 1 unspecified atom stereocenters. The van der Waals surface area contributed by atoms with Gasteiger partial charge in [0.2, 0.25) is 5.95 Å². The van der Waals surface area contributed by atoms with Gasteiger partial charge < -0.3 is 15.5 Å². The average Bonchev–Trinajstić information content (AvgIpc) is 3.16. The first-order valence-corrected chi connectivity index (χ1v) is 10.1. The number of piperazine rings is 1. The van der Waals surface area contributed by atoms with Crippen LogP contribution in [0.25, 0.3) is 16.8 Å². The third kappa shape index (κ3) is 3.68. The predicted octanol–water partition coefficient (Wildman–Crippen LogP) is 3.61. The van der Waals surface area contributed by atoms with E-state index in [0.717, 1.165) is 31.0 Å². The first-order valence-electron chi connectivity index (χ1n) is 10.1. The number of hydrogen-bond acceptors (Lipinski definition) is 6. The van der Waals surface area contributed by atoms with Gasteiger partial charge in [-0.05, 0) is 37.3 Å². The van der Waals surface area contributed by atoms with Gasteiger partial charge in [-0.25, -0.2) is 13.8 Å². The second-order valence-electron chi connectivity index (χ2n) is 7.55. The average molecular weight is 421 g/mol. The van der Waals surface area contributed by atoms with Crippen LogP contribution in [0.3, 0.4) is 0 Å². The van der Waals surface area contributed by atoms with Crippen molar-refractivity contribution in [3.8, 4) is 11.3 Å². The Labute approximate surface area is 177 Å². The van der Waals surface area contributed by atoms with Crippen molar-refractivity contribution in [3.05, 3.63) is 66.6 Å². The fourth-order valence-corrected chi connectivity index (χ4v) is 3.87. The molecule has 0 radical (unpaired) electrons. The van der Waals surface area contributed by atoms with E-state index in [1.54, 1.807) is 35.2 Å². The fraction of sp³-hybridized carbons (Fsp3) is 0.227. The van der Waals surface area contributed by atoms with E-state index in [4.69, 9.17) is 0 Å². The summed E-state index contributed by atoms with van der Waals surface area (Å²) in [6.45, 7) is 4.79. The van der Waals surface area contributed by atoms with Crippen molar-refractivity contribution in [1.29, 1.82) is 0 Å². The smallest absolute Gasteiger partial charge is 0.229 e. The number of nitrogens with one attached hydrogen (secondary N) is 2. The Hall–Kier alpha value is -3.59. The first kappa shape index (κ1) is 19.4. The number of aromatic nitrogens is 4. The molecule has 158 valence electrons. The number of halogens is 2. The maximum absolute atomic E-state index is 14.3. The Morgan fingerprint density at radius 3 is 2.74 bits per heavy atom. The molecule has 2 N–H and O–H groups in total. The standard InChI is InChI=1S/C22H21F2N7/c1-14-13-30(10-9-26-14)20-7-8-25-12-19(20)28-22-27-11-15-5-6-18(29-31(15)22)21-16(23)3-2-4-17(21)24/h2-8,11-12,14,26H,9-10,13H2,1H3,(H,27,28). The summed E-state index contributed by atoms with van der Waals surface area (Å²) in [4.78, 5) is 10.9. The molecular weight excluding hydrogens is 400 g/mol. The number of nitrogens with zero attached hydrogens (tertiary/aromatic N) is 5. The molecule has 0 spiro atoms. The van der Waals surface area contributed by atoms with Crippen LogP contribution in [0.1, 0.15) is 6.92 Å². The first-order chi connectivity index (χ1) is 15.1. The zero-order valence-corrected chi connectivity index (χ0v) is 16.9. The molecule has 1 fully saturated rings. The summed E-state index contributed by atoms with van der Waals surface area (Å²) < 4.78 is 30.1. The van der Waals surface area contributed by atoms with E-state index in [1.807, 2.05) is 6.07 Å². The molecule has 1 aromatic carbocycles. The van der Waals surface area contributed by atoms with Gasteiger partial charge in [-0.15, -0.1) is 0 Å². The van der Waals surface area contributed by atoms with Crippen LogP contribution in [0.2, 0.25) is 0 Å². The normalized spacial score (nSPS) is 16.6. The maximum Gasteiger partial charge on any atom is 0.229 e. The van der Waals surface area contributed by atoms with E-state index in [0.29, 0.717) is 17.5 Å². The number of fused-ring (bicyclic) bond motifs is 1. The van der Waals surface area contributed by atoms with E-state index >= 15 is 0 Å². The third-order valence-corrected chi connectivity index (χ3v) is 5.36. The lowest BCUT2D eigenvalue weighted by atomic mass is 10.1. The monoisotopic (exact) mass is 421 g/mol. The van der Waals surface area contributed by atoms with Crippen LogP contribution >= 0.6 is 0 Å². The molecular formula is C22H21F2N7. The lowest BCUT2D eigenvalue weighted by Gasteiger charge is -2.34. The van der Waals surface area contributed by atoms with Crippen LogP contribution in [0.15, 0.2) is 55.0 Å². The second-order valence-corrected chi connectivity index (χ2v) is 7.55. The molecule has 0 aliphatic carbocycles. The molecule has 7 nitrogen and oxygen atoms in total. The minimum absolute atomic E-state index is 0.166. The van der Waals surface area contributed by atoms with E-state index in [9.17, 15) is 8.78 Å². The molecule has 4 heterocycles. The Balaban J connectivity index is 1.52. The van der Waals surface area contributed by atoms with Crippen molar-refractivity contribution < 1.29 is 8.78 Å². The van der Waals surface area contributed by atoms with Gasteiger partial charge in [-0.2, -0.15) is 9.61 Å². The van der Waals surface area contributed by atoms with Crippen molar-refractivity contribution in [2.24, 2.45) is 0 Å². The van der Waals surface area contributed by atoms with Crippen LogP contribution in [0.4, 0.5) is 26.1 Å². The summed E-state index contributed by atoms with van der Waals surface area (Å²) in [5.41, 5.74) is 2.52. The molecule has 1 atom stereocenters. The zero-order valence-electron chi connectivity index (χ0n) is 16.9. The van der Waals surface area contributed by atoms with Gasteiger partial charge >= 0.3 is 0 Å². The Bertz CT molecular complexity index is 1220. The van der Waals surface area contributed by atoms with Gasteiger partial charge in [-0.3, -0.25) is 4.98 Å². The highest BCUT2D eigenvalue weighted by atomic mass is 19.1. The van der Waals surface area contributed by atoms with Crippen molar-refractivity contribution in [2.45, 2.75) is 13.0 Å².